The van der Waals surface area contributed by atoms with Crippen LogP contribution >= 0.6 is 11.3 Å². The molecular weight excluding hydrogens is 354 g/mol. The molecule has 2 heterocycles. The summed E-state index contributed by atoms with van der Waals surface area (Å²) in [7, 11) is 0. The molecule has 134 valence electrons. The third-order valence-corrected chi connectivity index (χ3v) is 5.11. The summed E-state index contributed by atoms with van der Waals surface area (Å²) >= 11 is 1.29. The number of nitro groups is 1. The summed E-state index contributed by atoms with van der Waals surface area (Å²) in [6.45, 7) is 7.16. The monoisotopic (exact) mass is 371 g/mol. The lowest BCUT2D eigenvalue weighted by Gasteiger charge is -2.09. The van der Waals surface area contributed by atoms with E-state index in [-0.39, 0.29) is 17.3 Å². The van der Waals surface area contributed by atoms with Crippen LogP contribution in [-0.4, -0.2) is 16.0 Å². The molecule has 1 aromatic carbocycles. The van der Waals surface area contributed by atoms with Crippen molar-refractivity contribution < 1.29 is 14.2 Å². The zero-order valence-electron chi connectivity index (χ0n) is 14.7. The first-order valence-corrected chi connectivity index (χ1v) is 8.69. The second-order valence-electron chi connectivity index (χ2n) is 6.05. The minimum Gasteiger partial charge on any atom is -0.361 e. The van der Waals surface area contributed by atoms with E-state index in [9.17, 15) is 14.9 Å². The van der Waals surface area contributed by atoms with Gasteiger partial charge in [-0.15, -0.1) is 11.3 Å². The van der Waals surface area contributed by atoms with Gasteiger partial charge < -0.3 is 9.84 Å². The topological polar surface area (TPSA) is 98.3 Å². The Kier molecular flexibility index (Phi) is 4.60. The van der Waals surface area contributed by atoms with Gasteiger partial charge in [0.15, 0.2) is 0 Å². The average molecular weight is 371 g/mol. The molecule has 0 bridgehead atoms. The normalized spacial score (nSPS) is 10.8. The number of aryl methyl sites for hydroxylation is 4. The van der Waals surface area contributed by atoms with Crippen molar-refractivity contribution in [3.8, 4) is 10.4 Å². The van der Waals surface area contributed by atoms with Crippen LogP contribution in [0.2, 0.25) is 0 Å². The van der Waals surface area contributed by atoms with Gasteiger partial charge in [0.2, 0.25) is 0 Å². The fourth-order valence-corrected chi connectivity index (χ4v) is 3.90. The lowest BCUT2D eigenvalue weighted by molar-refractivity contribution is -0.384. The number of nitrogens with zero attached hydrogens (tertiary/aromatic N) is 2. The Morgan fingerprint density at radius 2 is 1.96 bits per heavy atom. The van der Waals surface area contributed by atoms with E-state index in [0.29, 0.717) is 16.2 Å². The highest BCUT2D eigenvalue weighted by Gasteiger charge is 2.21. The van der Waals surface area contributed by atoms with E-state index >= 15 is 0 Å². The largest absolute Gasteiger partial charge is 0.361 e. The minimum atomic E-state index is -0.487. The fourth-order valence-electron chi connectivity index (χ4n) is 2.86. The summed E-state index contributed by atoms with van der Waals surface area (Å²) in [6.07, 6.45) is 0. The Morgan fingerprint density at radius 3 is 2.58 bits per heavy atom. The van der Waals surface area contributed by atoms with Crippen molar-refractivity contribution in [3.63, 3.8) is 0 Å². The molecule has 26 heavy (non-hydrogen) atoms. The van der Waals surface area contributed by atoms with Gasteiger partial charge in [0.1, 0.15) is 11.4 Å². The highest BCUT2D eigenvalue weighted by Crippen LogP contribution is 2.34. The number of hydrogen-bond acceptors (Lipinski definition) is 6. The van der Waals surface area contributed by atoms with Gasteiger partial charge in [0.05, 0.1) is 21.1 Å². The number of hydrogen-bond donors (Lipinski definition) is 1. The van der Waals surface area contributed by atoms with Crippen molar-refractivity contribution >= 4 is 28.6 Å². The summed E-state index contributed by atoms with van der Waals surface area (Å²) in [4.78, 5) is 24.8. The standard InChI is InChI=1S/C18H17N3O4S/c1-9-7-10(2)17(13(8-9)21(23)24)19-18(22)15-6-5-14(26-15)16-11(3)20-25-12(16)4/h5-8H,1-4H3,(H,19,22). The molecule has 3 rings (SSSR count). The molecule has 3 aromatic rings. The number of carbonyl (C=O) groups is 1. The zero-order valence-corrected chi connectivity index (χ0v) is 15.6. The molecule has 0 fully saturated rings. The maximum atomic E-state index is 12.6. The first kappa shape index (κ1) is 17.8. The number of nitrogens with one attached hydrogen (secondary N) is 1. The zero-order chi connectivity index (χ0) is 19.0. The van der Waals surface area contributed by atoms with Gasteiger partial charge in [-0.25, -0.2) is 0 Å². The van der Waals surface area contributed by atoms with Crippen LogP contribution in [0.25, 0.3) is 10.4 Å². The van der Waals surface area contributed by atoms with Gasteiger partial charge in [-0.2, -0.15) is 0 Å². The van der Waals surface area contributed by atoms with Crippen LogP contribution in [0.1, 0.15) is 32.3 Å². The summed E-state index contributed by atoms with van der Waals surface area (Å²) in [6, 6.07) is 6.76. The fraction of sp³-hybridized carbons (Fsp3) is 0.222. The third kappa shape index (κ3) is 3.23. The number of benzene rings is 1. The van der Waals surface area contributed by atoms with Crippen molar-refractivity contribution in [2.24, 2.45) is 0 Å². The van der Waals surface area contributed by atoms with Crippen molar-refractivity contribution in [1.29, 1.82) is 0 Å². The van der Waals surface area contributed by atoms with E-state index < -0.39 is 4.92 Å². The SMILES string of the molecule is Cc1cc(C)c(NC(=O)c2ccc(-c3c(C)noc3C)s2)c([N+](=O)[O-])c1. The van der Waals surface area contributed by atoms with Gasteiger partial charge >= 0.3 is 0 Å². The Labute approximate surface area is 153 Å². The van der Waals surface area contributed by atoms with Crippen molar-refractivity contribution in [2.75, 3.05) is 5.32 Å². The van der Waals surface area contributed by atoms with Gasteiger partial charge in [0, 0.05) is 10.9 Å². The van der Waals surface area contributed by atoms with Crippen LogP contribution in [0.4, 0.5) is 11.4 Å². The number of anilines is 1. The van der Waals surface area contributed by atoms with Crippen molar-refractivity contribution in [3.05, 3.63) is 61.8 Å². The smallest absolute Gasteiger partial charge is 0.293 e. The molecule has 2 aromatic heterocycles. The molecule has 0 aliphatic rings. The molecule has 0 unspecified atom stereocenters. The van der Waals surface area contributed by atoms with Crippen molar-refractivity contribution in [2.45, 2.75) is 27.7 Å². The maximum absolute atomic E-state index is 12.6. The van der Waals surface area contributed by atoms with Gasteiger partial charge in [-0.05, 0) is 51.0 Å². The molecular formula is C18H17N3O4S. The molecule has 0 saturated carbocycles. The van der Waals surface area contributed by atoms with Crippen LogP contribution in [0.15, 0.2) is 28.8 Å². The van der Waals surface area contributed by atoms with Crippen LogP contribution in [0, 0.1) is 37.8 Å². The number of rotatable bonds is 4. The Balaban J connectivity index is 1.92. The van der Waals surface area contributed by atoms with E-state index in [1.54, 1.807) is 26.0 Å². The van der Waals surface area contributed by atoms with Crippen molar-refractivity contribution in [1.82, 2.24) is 5.16 Å². The summed E-state index contributed by atoms with van der Waals surface area (Å²) in [5.74, 6) is 0.296. The average Bonchev–Trinajstić information content (AvgIpc) is 3.16. The number of aromatic nitrogens is 1. The molecule has 1 amide bonds. The minimum absolute atomic E-state index is 0.113. The van der Waals surface area contributed by atoms with Gasteiger partial charge in [-0.3, -0.25) is 14.9 Å². The van der Waals surface area contributed by atoms with E-state index in [2.05, 4.69) is 10.5 Å². The number of amides is 1. The molecule has 0 radical (unpaired) electrons. The molecule has 0 saturated heterocycles. The summed E-state index contributed by atoms with van der Waals surface area (Å²) in [5.41, 5.74) is 3.14. The molecule has 7 nitrogen and oxygen atoms in total. The van der Waals surface area contributed by atoms with E-state index in [1.807, 2.05) is 19.9 Å². The third-order valence-electron chi connectivity index (χ3n) is 4.00. The molecule has 0 aliphatic heterocycles. The number of thiophene rings is 1. The summed E-state index contributed by atoms with van der Waals surface area (Å²) < 4.78 is 5.17. The molecule has 0 aliphatic carbocycles. The maximum Gasteiger partial charge on any atom is 0.293 e. The van der Waals surface area contributed by atoms with Crippen LogP contribution < -0.4 is 5.32 Å². The second kappa shape index (κ2) is 6.72. The lowest BCUT2D eigenvalue weighted by Crippen LogP contribution is -2.13. The first-order valence-electron chi connectivity index (χ1n) is 7.88. The Hall–Kier alpha value is -3.00. The van der Waals surface area contributed by atoms with Crippen LogP contribution in [0.3, 0.4) is 0 Å². The number of nitro benzene ring substituents is 1. The highest BCUT2D eigenvalue weighted by atomic mass is 32.1. The Morgan fingerprint density at radius 1 is 1.23 bits per heavy atom. The van der Waals surface area contributed by atoms with E-state index in [4.69, 9.17) is 4.52 Å². The predicted molar refractivity (Wildman–Crippen MR) is 99.8 cm³/mol. The molecule has 8 heteroatoms. The predicted octanol–water partition coefficient (Wildman–Crippen LogP) is 4.80. The van der Waals surface area contributed by atoms with E-state index in [0.717, 1.165) is 21.7 Å². The summed E-state index contributed by atoms with van der Waals surface area (Å²) in [5, 5.41) is 17.9. The first-order chi connectivity index (χ1) is 12.3. The van der Waals surface area contributed by atoms with Gasteiger partial charge in [0.25, 0.3) is 11.6 Å². The van der Waals surface area contributed by atoms with Crippen LogP contribution in [-0.2, 0) is 0 Å². The lowest BCUT2D eigenvalue weighted by atomic mass is 10.1. The van der Waals surface area contributed by atoms with E-state index in [1.165, 1.54) is 17.4 Å². The quantitative estimate of drug-likeness (QED) is 0.525. The number of carbonyl (C=O) groups excluding carboxylic acids is 1. The van der Waals surface area contributed by atoms with Crippen LogP contribution in [0.5, 0.6) is 0 Å². The van der Waals surface area contributed by atoms with Gasteiger partial charge in [-0.1, -0.05) is 11.2 Å². The molecule has 1 N–H and O–H groups in total. The molecule has 0 spiro atoms. The molecule has 0 atom stereocenters. The highest BCUT2D eigenvalue weighted by molar-refractivity contribution is 7.17. The Bertz CT molecular complexity index is 1000. The second-order valence-corrected chi connectivity index (χ2v) is 7.13.